The van der Waals surface area contributed by atoms with Crippen molar-refractivity contribution in [3.05, 3.63) is 77.4 Å². The molecule has 0 spiro atoms. The molecular weight excluding hydrogens is 390 g/mol. The molecule has 3 aromatic carbocycles. The van der Waals surface area contributed by atoms with Crippen LogP contribution in [0.1, 0.15) is 50.7 Å². The molecule has 3 heteroatoms. The highest BCUT2D eigenvalue weighted by atomic mass is 19.1. The zero-order chi connectivity index (χ0) is 22.4. The van der Waals surface area contributed by atoms with Crippen molar-refractivity contribution in [2.45, 2.75) is 53.4 Å². The van der Waals surface area contributed by atoms with Crippen LogP contribution in [-0.4, -0.2) is 6.61 Å². The largest absolute Gasteiger partial charge is 0.493 e. The first kappa shape index (κ1) is 23.0. The fourth-order valence-electron chi connectivity index (χ4n) is 3.97. The normalized spacial score (nSPS) is 12.1. The third-order valence-corrected chi connectivity index (χ3v) is 5.99. The third kappa shape index (κ3) is 5.72. The van der Waals surface area contributed by atoms with E-state index >= 15 is 0 Å². The molecule has 0 aliphatic carbocycles. The van der Waals surface area contributed by atoms with Crippen molar-refractivity contribution in [2.24, 2.45) is 5.92 Å². The second-order valence-electron chi connectivity index (χ2n) is 8.36. The zero-order valence-corrected chi connectivity index (χ0v) is 19.0. The number of benzene rings is 3. The van der Waals surface area contributed by atoms with Crippen LogP contribution in [0, 0.1) is 31.4 Å². The summed E-state index contributed by atoms with van der Waals surface area (Å²) in [6.45, 7) is 9.17. The van der Waals surface area contributed by atoms with Crippen LogP contribution in [0.5, 0.6) is 5.75 Å². The fraction of sp³-hybridized carbons (Fsp3) is 0.357. The maximum Gasteiger partial charge on any atom is 0.133 e. The molecule has 0 aliphatic rings. The molecule has 0 N–H and O–H groups in total. The van der Waals surface area contributed by atoms with Gasteiger partial charge in [0.2, 0.25) is 0 Å². The van der Waals surface area contributed by atoms with Crippen molar-refractivity contribution in [3.63, 3.8) is 0 Å². The van der Waals surface area contributed by atoms with E-state index in [0.29, 0.717) is 11.5 Å². The van der Waals surface area contributed by atoms with Crippen LogP contribution < -0.4 is 4.74 Å². The van der Waals surface area contributed by atoms with Crippen LogP contribution in [0.2, 0.25) is 0 Å². The van der Waals surface area contributed by atoms with Gasteiger partial charge in [0.05, 0.1) is 6.61 Å². The van der Waals surface area contributed by atoms with Crippen molar-refractivity contribution in [1.29, 1.82) is 0 Å². The van der Waals surface area contributed by atoms with Crippen molar-refractivity contribution in [3.8, 4) is 28.0 Å². The molecule has 0 amide bonds. The molecular formula is C28H32F2O. The van der Waals surface area contributed by atoms with Gasteiger partial charge in [0.25, 0.3) is 0 Å². The van der Waals surface area contributed by atoms with Gasteiger partial charge >= 0.3 is 0 Å². The van der Waals surface area contributed by atoms with Gasteiger partial charge in [-0.3, -0.25) is 0 Å². The Labute approximate surface area is 185 Å². The zero-order valence-electron chi connectivity index (χ0n) is 19.0. The van der Waals surface area contributed by atoms with E-state index in [9.17, 15) is 8.78 Å². The first-order valence-corrected chi connectivity index (χ1v) is 11.2. The Morgan fingerprint density at radius 1 is 0.806 bits per heavy atom. The lowest BCUT2D eigenvalue weighted by Gasteiger charge is -2.16. The van der Waals surface area contributed by atoms with E-state index in [1.54, 1.807) is 0 Å². The van der Waals surface area contributed by atoms with E-state index in [0.717, 1.165) is 52.7 Å². The maximum atomic E-state index is 14.3. The molecule has 0 fully saturated rings. The highest BCUT2D eigenvalue weighted by Crippen LogP contribution is 2.34. The predicted molar refractivity (Wildman–Crippen MR) is 126 cm³/mol. The maximum absolute atomic E-state index is 14.3. The van der Waals surface area contributed by atoms with Crippen LogP contribution in [0.15, 0.2) is 54.6 Å². The van der Waals surface area contributed by atoms with Gasteiger partial charge in [-0.1, -0.05) is 57.4 Å². The molecule has 3 rings (SSSR count). The molecule has 164 valence electrons. The lowest BCUT2D eigenvalue weighted by atomic mass is 9.91. The van der Waals surface area contributed by atoms with E-state index < -0.39 is 11.6 Å². The summed E-state index contributed by atoms with van der Waals surface area (Å²) in [6.07, 6.45) is 4.82. The van der Waals surface area contributed by atoms with Crippen molar-refractivity contribution in [2.75, 3.05) is 6.61 Å². The number of aryl methyl sites for hydroxylation is 2. The molecule has 0 bridgehead atoms. The van der Waals surface area contributed by atoms with Crippen LogP contribution in [0.25, 0.3) is 22.3 Å². The van der Waals surface area contributed by atoms with E-state index in [4.69, 9.17) is 4.74 Å². The molecule has 1 nitrogen and oxygen atoms in total. The lowest BCUT2D eigenvalue weighted by Crippen LogP contribution is -2.11. The summed E-state index contributed by atoms with van der Waals surface area (Å²) in [5.74, 6) is 0.383. The third-order valence-electron chi connectivity index (χ3n) is 5.99. The lowest BCUT2D eigenvalue weighted by molar-refractivity contribution is 0.233. The van der Waals surface area contributed by atoms with Gasteiger partial charge in [0.1, 0.15) is 17.4 Å². The van der Waals surface area contributed by atoms with Gasteiger partial charge in [0.15, 0.2) is 0 Å². The van der Waals surface area contributed by atoms with Crippen LogP contribution >= 0.6 is 0 Å². The topological polar surface area (TPSA) is 9.23 Å². The summed E-state index contributed by atoms with van der Waals surface area (Å²) in [7, 11) is 0. The molecule has 0 heterocycles. The monoisotopic (exact) mass is 422 g/mol. The summed E-state index contributed by atoms with van der Waals surface area (Å²) in [5, 5.41) is 0. The van der Waals surface area contributed by atoms with Crippen LogP contribution in [0.4, 0.5) is 8.78 Å². The van der Waals surface area contributed by atoms with Gasteiger partial charge in [0, 0.05) is 11.6 Å². The molecule has 1 unspecified atom stereocenters. The Bertz CT molecular complexity index is 1010. The molecule has 0 saturated heterocycles. The van der Waals surface area contributed by atoms with Crippen LogP contribution in [-0.2, 0) is 0 Å². The molecule has 0 radical (unpaired) electrons. The minimum Gasteiger partial charge on any atom is -0.493 e. The van der Waals surface area contributed by atoms with E-state index in [1.807, 2.05) is 32.0 Å². The summed E-state index contributed by atoms with van der Waals surface area (Å²) < 4.78 is 33.6. The predicted octanol–water partition coefficient (Wildman–Crippen LogP) is 8.51. The average molecular weight is 423 g/mol. The minimum atomic E-state index is -0.565. The van der Waals surface area contributed by atoms with E-state index in [2.05, 4.69) is 32.0 Å². The Balaban J connectivity index is 1.78. The highest BCUT2D eigenvalue weighted by molar-refractivity contribution is 5.76. The second-order valence-corrected chi connectivity index (χ2v) is 8.36. The van der Waals surface area contributed by atoms with Crippen molar-refractivity contribution >= 4 is 0 Å². The molecule has 3 aromatic rings. The summed E-state index contributed by atoms with van der Waals surface area (Å²) >= 11 is 0. The van der Waals surface area contributed by atoms with E-state index in [1.165, 1.54) is 31.4 Å². The molecule has 0 saturated carbocycles. The smallest absolute Gasteiger partial charge is 0.133 e. The van der Waals surface area contributed by atoms with Crippen molar-refractivity contribution in [1.82, 2.24) is 0 Å². The summed E-state index contributed by atoms with van der Waals surface area (Å²) in [6, 6.07) is 16.0. The van der Waals surface area contributed by atoms with Gasteiger partial charge < -0.3 is 4.74 Å². The summed E-state index contributed by atoms with van der Waals surface area (Å²) in [4.78, 5) is 0. The SMILES string of the molecule is CCCCC(CC)COc1ccc(-c2cc(C)c(-c3ccc(F)cc3F)cc2C)cc1. The molecule has 0 aliphatic heterocycles. The van der Waals surface area contributed by atoms with Crippen LogP contribution in [0.3, 0.4) is 0 Å². The van der Waals surface area contributed by atoms with Gasteiger partial charge in [-0.15, -0.1) is 0 Å². The number of hydrogen-bond donors (Lipinski definition) is 0. The number of rotatable bonds is 9. The number of unbranched alkanes of at least 4 members (excludes halogenated alkanes) is 1. The Kier molecular flexibility index (Phi) is 7.84. The number of halogens is 2. The highest BCUT2D eigenvalue weighted by Gasteiger charge is 2.13. The summed E-state index contributed by atoms with van der Waals surface area (Å²) in [5.41, 5.74) is 5.40. The second kappa shape index (κ2) is 10.6. The quantitative estimate of drug-likeness (QED) is 0.336. The van der Waals surface area contributed by atoms with E-state index in [-0.39, 0.29) is 0 Å². The molecule has 31 heavy (non-hydrogen) atoms. The first-order valence-electron chi connectivity index (χ1n) is 11.2. The van der Waals surface area contributed by atoms with Gasteiger partial charge in [-0.25, -0.2) is 8.78 Å². The Morgan fingerprint density at radius 3 is 2.13 bits per heavy atom. The minimum absolute atomic E-state index is 0.422. The molecule has 0 aromatic heterocycles. The number of hydrogen-bond acceptors (Lipinski definition) is 1. The number of ether oxygens (including phenoxy) is 1. The standard InChI is InChI=1S/C28H32F2O/c1-5-7-8-21(6-2)18-31-24-12-9-22(10-13-24)26-15-20(4)27(16-19(26)3)25-14-11-23(29)17-28(25)30/h9-17,21H,5-8,18H2,1-4H3. The average Bonchev–Trinajstić information content (AvgIpc) is 2.76. The first-order chi connectivity index (χ1) is 14.9. The molecule has 1 atom stereocenters. The van der Waals surface area contributed by atoms with Gasteiger partial charge in [-0.2, -0.15) is 0 Å². The van der Waals surface area contributed by atoms with Crippen molar-refractivity contribution < 1.29 is 13.5 Å². The Hall–Kier alpha value is -2.68. The van der Waals surface area contributed by atoms with Gasteiger partial charge in [-0.05, 0) is 78.3 Å². The Morgan fingerprint density at radius 2 is 1.48 bits per heavy atom. The fourth-order valence-corrected chi connectivity index (χ4v) is 3.97.